The maximum Gasteiger partial charge on any atom is 0.387 e. The Hall–Kier alpha value is -2.63. The number of carbonyl (C=O) groups is 1. The first kappa shape index (κ1) is 28.4. The summed E-state index contributed by atoms with van der Waals surface area (Å²) in [5, 5.41) is 9.07. The van der Waals surface area contributed by atoms with Crippen LogP contribution in [0.2, 0.25) is 0 Å². The van der Waals surface area contributed by atoms with E-state index in [1.807, 2.05) is 25.1 Å². The molecule has 0 radical (unpaired) electrons. The molecule has 0 saturated carbocycles. The Morgan fingerprint density at radius 3 is 2.48 bits per heavy atom. The van der Waals surface area contributed by atoms with Gasteiger partial charge in [-0.2, -0.15) is 8.78 Å². The molecule has 33 heavy (non-hydrogen) atoms. The Morgan fingerprint density at radius 1 is 1.06 bits per heavy atom. The van der Waals surface area contributed by atoms with Crippen molar-refractivity contribution in [1.29, 1.82) is 0 Å². The lowest BCUT2D eigenvalue weighted by Crippen LogP contribution is -2.38. The molecule has 0 aliphatic heterocycles. The summed E-state index contributed by atoms with van der Waals surface area (Å²) in [6, 6.07) is 12.4. The molecule has 7 nitrogen and oxygen atoms in total. The van der Waals surface area contributed by atoms with E-state index in [1.54, 1.807) is 31.3 Å². The number of nitrogens with one attached hydrogen (secondary N) is 3. The highest BCUT2D eigenvalue weighted by molar-refractivity contribution is 14.0. The summed E-state index contributed by atoms with van der Waals surface area (Å²) in [6.45, 7) is 0.854. The van der Waals surface area contributed by atoms with Gasteiger partial charge in [0.15, 0.2) is 17.5 Å². The summed E-state index contributed by atoms with van der Waals surface area (Å²) in [7, 11) is 3.01. The van der Waals surface area contributed by atoms with Crippen LogP contribution >= 0.6 is 24.0 Å². The van der Waals surface area contributed by atoms with Crippen molar-refractivity contribution in [3.63, 3.8) is 0 Å². The third-order valence-electron chi connectivity index (χ3n) is 4.58. The number of ether oxygens (including phenoxy) is 2. The highest BCUT2D eigenvalue weighted by atomic mass is 127. The summed E-state index contributed by atoms with van der Waals surface area (Å²) in [4.78, 5) is 16.3. The predicted octanol–water partition coefficient (Wildman–Crippen LogP) is 3.61. The van der Waals surface area contributed by atoms with Gasteiger partial charge in [0.25, 0.3) is 5.91 Å². The Morgan fingerprint density at radius 2 is 1.82 bits per heavy atom. The molecule has 0 aliphatic rings. The standard InChI is InChI=1S/C23H30F2N4O3.HI/c1-4-27-23(28-12-10-16-6-5-7-18(14-16)21(30)26-2)29-13-11-17-8-9-19(31-3)20(15-17)32-22(24)25;/h5-9,14-15,22H,4,10-13H2,1-3H3,(H,26,30)(H2,27,28,29);1H. The molecule has 0 saturated heterocycles. The number of hydrogen-bond acceptors (Lipinski definition) is 4. The molecule has 2 rings (SSSR count). The van der Waals surface area contributed by atoms with Crippen molar-refractivity contribution in [3.8, 4) is 11.5 Å². The van der Waals surface area contributed by atoms with Gasteiger partial charge in [-0.25, -0.2) is 0 Å². The number of guanidine groups is 1. The minimum atomic E-state index is -2.92. The van der Waals surface area contributed by atoms with Crippen molar-refractivity contribution in [2.75, 3.05) is 33.8 Å². The number of carbonyl (C=O) groups excluding carboxylic acids is 1. The quantitative estimate of drug-likeness (QED) is 0.216. The minimum absolute atomic E-state index is 0. The van der Waals surface area contributed by atoms with Crippen molar-refractivity contribution >= 4 is 35.8 Å². The van der Waals surface area contributed by atoms with Crippen LogP contribution < -0.4 is 25.4 Å². The zero-order chi connectivity index (χ0) is 23.3. The number of hydrogen-bond donors (Lipinski definition) is 3. The van der Waals surface area contributed by atoms with Gasteiger partial charge < -0.3 is 25.4 Å². The van der Waals surface area contributed by atoms with Crippen LogP contribution in [0, 0.1) is 0 Å². The lowest BCUT2D eigenvalue weighted by atomic mass is 10.1. The number of alkyl halides is 2. The summed E-state index contributed by atoms with van der Waals surface area (Å²) < 4.78 is 34.8. The molecular weight excluding hydrogens is 545 g/mol. The van der Waals surface area contributed by atoms with Gasteiger partial charge in [0.1, 0.15) is 0 Å². The van der Waals surface area contributed by atoms with Gasteiger partial charge in [-0.1, -0.05) is 18.2 Å². The second-order valence-corrected chi connectivity index (χ2v) is 6.83. The number of halogens is 3. The van der Waals surface area contributed by atoms with Gasteiger partial charge in [0.05, 0.1) is 7.11 Å². The molecule has 0 atom stereocenters. The van der Waals surface area contributed by atoms with Gasteiger partial charge in [-0.3, -0.25) is 9.79 Å². The minimum Gasteiger partial charge on any atom is -0.493 e. The highest BCUT2D eigenvalue weighted by Crippen LogP contribution is 2.29. The Labute approximate surface area is 210 Å². The van der Waals surface area contributed by atoms with Crippen molar-refractivity contribution in [2.45, 2.75) is 26.4 Å². The van der Waals surface area contributed by atoms with E-state index in [9.17, 15) is 13.6 Å². The summed E-state index contributed by atoms with van der Waals surface area (Å²) in [6.07, 6.45) is 1.27. The van der Waals surface area contributed by atoms with E-state index in [2.05, 4.69) is 25.7 Å². The normalized spacial score (nSPS) is 10.9. The molecule has 0 bridgehead atoms. The molecular formula is C23H31F2IN4O3. The maximum atomic E-state index is 12.6. The van der Waals surface area contributed by atoms with Crippen LogP contribution in [0.3, 0.4) is 0 Å². The largest absolute Gasteiger partial charge is 0.493 e. The van der Waals surface area contributed by atoms with Crippen molar-refractivity contribution in [2.24, 2.45) is 4.99 Å². The molecule has 2 aromatic rings. The molecule has 182 valence electrons. The third kappa shape index (κ3) is 9.80. The summed E-state index contributed by atoms with van der Waals surface area (Å²) in [5.74, 6) is 0.809. The number of benzene rings is 2. The lowest BCUT2D eigenvalue weighted by Gasteiger charge is -2.13. The number of rotatable bonds is 11. The first-order chi connectivity index (χ1) is 15.5. The average Bonchev–Trinajstić information content (AvgIpc) is 2.78. The van der Waals surface area contributed by atoms with Gasteiger partial charge in [0.2, 0.25) is 0 Å². The first-order valence-corrected chi connectivity index (χ1v) is 10.4. The van der Waals surface area contributed by atoms with Crippen molar-refractivity contribution in [3.05, 3.63) is 59.2 Å². The second kappa shape index (κ2) is 15.3. The molecule has 0 aromatic heterocycles. The van der Waals surface area contributed by atoms with Crippen LogP contribution in [0.25, 0.3) is 0 Å². The van der Waals surface area contributed by atoms with E-state index in [-0.39, 0.29) is 41.4 Å². The molecule has 10 heteroatoms. The maximum absolute atomic E-state index is 12.6. The summed E-state index contributed by atoms with van der Waals surface area (Å²) in [5.41, 5.74) is 2.48. The third-order valence-corrected chi connectivity index (χ3v) is 4.58. The number of aliphatic imine (C=N–C) groups is 1. The second-order valence-electron chi connectivity index (χ2n) is 6.83. The van der Waals surface area contributed by atoms with Gasteiger partial charge in [-0.05, 0) is 55.2 Å². The van der Waals surface area contributed by atoms with Crippen LogP contribution in [0.1, 0.15) is 28.4 Å². The molecule has 0 unspecified atom stereocenters. The molecule has 3 N–H and O–H groups in total. The van der Waals surface area contributed by atoms with E-state index in [0.29, 0.717) is 37.6 Å². The monoisotopic (exact) mass is 576 g/mol. The number of nitrogens with zero attached hydrogens (tertiary/aromatic N) is 1. The van der Waals surface area contributed by atoms with Crippen LogP contribution in [-0.2, 0) is 12.8 Å². The predicted molar refractivity (Wildman–Crippen MR) is 136 cm³/mol. The van der Waals surface area contributed by atoms with Crippen LogP contribution in [-0.4, -0.2) is 52.3 Å². The zero-order valence-corrected chi connectivity index (χ0v) is 21.3. The average molecular weight is 576 g/mol. The fourth-order valence-corrected chi connectivity index (χ4v) is 3.04. The summed E-state index contributed by atoms with van der Waals surface area (Å²) >= 11 is 0. The van der Waals surface area contributed by atoms with Crippen LogP contribution in [0.15, 0.2) is 47.5 Å². The van der Waals surface area contributed by atoms with E-state index in [4.69, 9.17) is 4.74 Å². The number of methoxy groups -OCH3 is 1. The Balaban J connectivity index is 0.00000544. The topological polar surface area (TPSA) is 84.0 Å². The smallest absolute Gasteiger partial charge is 0.387 e. The van der Waals surface area contributed by atoms with Gasteiger partial charge in [-0.15, -0.1) is 24.0 Å². The first-order valence-electron chi connectivity index (χ1n) is 10.4. The molecule has 0 fully saturated rings. The lowest BCUT2D eigenvalue weighted by molar-refractivity contribution is -0.0512. The Kier molecular flexibility index (Phi) is 13.1. The van der Waals surface area contributed by atoms with E-state index < -0.39 is 6.61 Å². The SMILES string of the molecule is CCNC(=NCCc1ccc(OC)c(OC(F)F)c1)NCCc1cccc(C(=O)NC)c1.I. The van der Waals surface area contributed by atoms with Gasteiger partial charge in [0, 0.05) is 32.2 Å². The van der Waals surface area contributed by atoms with Gasteiger partial charge >= 0.3 is 6.61 Å². The zero-order valence-electron chi connectivity index (χ0n) is 19.0. The molecule has 0 aliphatic carbocycles. The fourth-order valence-electron chi connectivity index (χ4n) is 3.04. The number of amides is 1. The Bertz CT molecular complexity index is 913. The van der Waals surface area contributed by atoms with Crippen molar-refractivity contribution in [1.82, 2.24) is 16.0 Å². The fraction of sp³-hybridized carbons (Fsp3) is 0.391. The molecule has 1 amide bonds. The molecule has 0 heterocycles. The van der Waals surface area contributed by atoms with Crippen molar-refractivity contribution < 1.29 is 23.0 Å². The molecule has 0 spiro atoms. The highest BCUT2D eigenvalue weighted by Gasteiger charge is 2.11. The van der Waals surface area contributed by atoms with E-state index >= 15 is 0 Å². The van der Waals surface area contributed by atoms with E-state index in [1.165, 1.54) is 7.11 Å². The van der Waals surface area contributed by atoms with Crippen LogP contribution in [0.5, 0.6) is 11.5 Å². The van der Waals surface area contributed by atoms with E-state index in [0.717, 1.165) is 17.5 Å². The van der Waals surface area contributed by atoms with Crippen LogP contribution in [0.4, 0.5) is 8.78 Å². The molecule has 2 aromatic carbocycles.